The van der Waals surface area contributed by atoms with Crippen LogP contribution in [0.1, 0.15) is 18.1 Å². The minimum atomic E-state index is -0.279. The molecule has 0 radical (unpaired) electrons. The first-order valence-corrected chi connectivity index (χ1v) is 6.91. The molecule has 1 amide bonds. The molecule has 0 saturated carbocycles. The molecule has 1 heterocycles. The number of benzene rings is 1. The third-order valence-electron chi connectivity index (χ3n) is 3.47. The number of nitrogens with one attached hydrogen (secondary N) is 2. The van der Waals surface area contributed by atoms with Gasteiger partial charge in [-0.15, -0.1) is 12.4 Å². The minimum Gasteiger partial charge on any atom is -0.380 e. The Bertz CT molecular complexity index is 456. The Morgan fingerprint density at radius 2 is 2.14 bits per heavy atom. The summed E-state index contributed by atoms with van der Waals surface area (Å²) in [7, 11) is 1.67. The van der Waals surface area contributed by atoms with Crippen LogP contribution in [0.5, 0.6) is 0 Å². The largest absolute Gasteiger partial charge is 0.380 e. The van der Waals surface area contributed by atoms with E-state index in [9.17, 15) is 4.79 Å². The van der Waals surface area contributed by atoms with Crippen molar-refractivity contribution < 1.29 is 14.3 Å². The van der Waals surface area contributed by atoms with Gasteiger partial charge in [0.1, 0.15) is 6.04 Å². The van der Waals surface area contributed by atoms with Crippen LogP contribution in [0.15, 0.2) is 24.3 Å². The lowest BCUT2D eigenvalue weighted by Gasteiger charge is -2.29. The molecule has 1 fully saturated rings. The number of ether oxygens (including phenoxy) is 2. The predicted molar refractivity (Wildman–Crippen MR) is 83.5 cm³/mol. The Hall–Kier alpha value is -1.14. The first-order valence-electron chi connectivity index (χ1n) is 6.91. The zero-order valence-corrected chi connectivity index (χ0v) is 13.2. The average Bonchev–Trinajstić information content (AvgIpc) is 2.47. The third-order valence-corrected chi connectivity index (χ3v) is 3.47. The van der Waals surface area contributed by atoms with E-state index in [1.807, 2.05) is 31.2 Å². The van der Waals surface area contributed by atoms with Gasteiger partial charge in [-0.2, -0.15) is 0 Å². The quantitative estimate of drug-likeness (QED) is 0.859. The Kier molecular flexibility index (Phi) is 7.67. The van der Waals surface area contributed by atoms with Gasteiger partial charge < -0.3 is 20.1 Å². The highest BCUT2D eigenvalue weighted by molar-refractivity contribution is 5.85. The highest BCUT2D eigenvalue weighted by Crippen LogP contribution is 2.10. The zero-order chi connectivity index (χ0) is 14.4. The first kappa shape index (κ1) is 17.9. The maximum Gasteiger partial charge on any atom is 0.240 e. The molecule has 0 aliphatic carbocycles. The molecular weight excluding hydrogens is 292 g/mol. The second-order valence-electron chi connectivity index (χ2n) is 4.93. The molecule has 0 unspecified atom stereocenters. The van der Waals surface area contributed by atoms with Crippen molar-refractivity contribution >= 4 is 18.3 Å². The number of hydrogen-bond acceptors (Lipinski definition) is 4. The van der Waals surface area contributed by atoms with Crippen LogP contribution >= 0.6 is 12.4 Å². The summed E-state index contributed by atoms with van der Waals surface area (Å²) in [6.07, 6.45) is -0.0991. The number of rotatable bonds is 5. The van der Waals surface area contributed by atoms with E-state index in [0.29, 0.717) is 26.3 Å². The van der Waals surface area contributed by atoms with E-state index >= 15 is 0 Å². The van der Waals surface area contributed by atoms with Crippen LogP contribution in [-0.4, -0.2) is 38.3 Å². The molecule has 0 spiro atoms. The summed E-state index contributed by atoms with van der Waals surface area (Å²) in [5, 5.41) is 6.14. The summed E-state index contributed by atoms with van der Waals surface area (Å²) < 4.78 is 10.6. The molecule has 1 aliphatic heterocycles. The van der Waals surface area contributed by atoms with Crippen molar-refractivity contribution in [2.24, 2.45) is 0 Å². The standard InChI is InChI=1S/C15H22N2O3.ClH/c1-11-14(16-7-8-20-11)15(18)17-9-12-5-3-4-6-13(12)10-19-2;/h3-6,11,14,16H,7-10H2,1-2H3,(H,17,18);1H/t11-,14+;/m1./s1. The number of morpholine rings is 1. The van der Waals surface area contributed by atoms with Crippen LogP contribution < -0.4 is 10.6 Å². The Morgan fingerprint density at radius 1 is 1.43 bits per heavy atom. The fourth-order valence-electron chi connectivity index (χ4n) is 2.35. The Morgan fingerprint density at radius 3 is 2.81 bits per heavy atom. The van der Waals surface area contributed by atoms with E-state index in [1.54, 1.807) is 7.11 Å². The molecule has 0 bridgehead atoms. The number of carbonyl (C=O) groups excluding carboxylic acids is 1. The molecule has 1 aromatic carbocycles. The molecule has 118 valence electrons. The molecule has 0 aromatic heterocycles. The second kappa shape index (κ2) is 9.00. The molecule has 5 nitrogen and oxygen atoms in total. The Balaban J connectivity index is 0.00000220. The molecule has 1 aliphatic rings. The van der Waals surface area contributed by atoms with E-state index in [2.05, 4.69) is 10.6 Å². The molecule has 2 atom stereocenters. The van der Waals surface area contributed by atoms with Gasteiger partial charge >= 0.3 is 0 Å². The van der Waals surface area contributed by atoms with Crippen LogP contribution in [0.25, 0.3) is 0 Å². The number of methoxy groups -OCH3 is 1. The first-order chi connectivity index (χ1) is 9.72. The summed E-state index contributed by atoms with van der Waals surface area (Å²) in [6, 6.07) is 7.67. The van der Waals surface area contributed by atoms with Gasteiger partial charge in [0.25, 0.3) is 0 Å². The summed E-state index contributed by atoms with van der Waals surface area (Å²) >= 11 is 0. The topological polar surface area (TPSA) is 59.6 Å². The number of carbonyl (C=O) groups is 1. The zero-order valence-electron chi connectivity index (χ0n) is 12.4. The molecular formula is C15H23ClN2O3. The highest BCUT2D eigenvalue weighted by Gasteiger charge is 2.27. The van der Waals surface area contributed by atoms with E-state index in [-0.39, 0.29) is 30.5 Å². The van der Waals surface area contributed by atoms with Crippen LogP contribution in [-0.2, 0) is 27.4 Å². The smallest absolute Gasteiger partial charge is 0.240 e. The summed E-state index contributed by atoms with van der Waals surface area (Å²) in [5.41, 5.74) is 2.17. The monoisotopic (exact) mass is 314 g/mol. The third kappa shape index (κ3) is 4.97. The molecule has 1 saturated heterocycles. The Labute approximate surface area is 131 Å². The second-order valence-corrected chi connectivity index (χ2v) is 4.93. The molecule has 6 heteroatoms. The van der Waals surface area contributed by atoms with Gasteiger partial charge in [0.15, 0.2) is 0 Å². The molecule has 2 rings (SSSR count). The lowest BCUT2D eigenvalue weighted by molar-refractivity contribution is -0.129. The highest BCUT2D eigenvalue weighted by atomic mass is 35.5. The maximum atomic E-state index is 12.2. The van der Waals surface area contributed by atoms with Crippen molar-refractivity contribution in [3.63, 3.8) is 0 Å². The van der Waals surface area contributed by atoms with Gasteiger partial charge in [-0.05, 0) is 18.1 Å². The molecule has 1 aromatic rings. The van der Waals surface area contributed by atoms with Crippen molar-refractivity contribution in [1.82, 2.24) is 10.6 Å². The van der Waals surface area contributed by atoms with Crippen molar-refractivity contribution in [2.75, 3.05) is 20.3 Å². The van der Waals surface area contributed by atoms with Crippen LogP contribution in [0.3, 0.4) is 0 Å². The lowest BCUT2D eigenvalue weighted by atomic mass is 10.1. The minimum absolute atomic E-state index is 0. The normalized spacial score (nSPS) is 21.4. The van der Waals surface area contributed by atoms with E-state index < -0.39 is 0 Å². The van der Waals surface area contributed by atoms with Crippen LogP contribution in [0, 0.1) is 0 Å². The average molecular weight is 315 g/mol. The summed E-state index contributed by atoms with van der Waals surface area (Å²) in [5.74, 6) is -0.0237. The van der Waals surface area contributed by atoms with Crippen LogP contribution in [0.2, 0.25) is 0 Å². The number of hydrogen-bond donors (Lipinski definition) is 2. The van der Waals surface area contributed by atoms with Crippen molar-refractivity contribution in [3.8, 4) is 0 Å². The van der Waals surface area contributed by atoms with Gasteiger partial charge in [-0.1, -0.05) is 24.3 Å². The predicted octanol–water partition coefficient (Wildman–Crippen LogP) is 1.25. The SMILES string of the molecule is COCc1ccccc1CNC(=O)[C@H]1NCCO[C@@H]1C.Cl. The summed E-state index contributed by atoms with van der Waals surface area (Å²) in [4.78, 5) is 12.2. The van der Waals surface area contributed by atoms with E-state index in [0.717, 1.165) is 11.1 Å². The van der Waals surface area contributed by atoms with Crippen LogP contribution in [0.4, 0.5) is 0 Å². The number of amides is 1. The van der Waals surface area contributed by atoms with Gasteiger partial charge in [0.05, 0.1) is 19.3 Å². The fourth-order valence-corrected chi connectivity index (χ4v) is 2.35. The van der Waals surface area contributed by atoms with Crippen molar-refractivity contribution in [2.45, 2.75) is 32.2 Å². The van der Waals surface area contributed by atoms with Gasteiger partial charge in [-0.3, -0.25) is 4.79 Å². The van der Waals surface area contributed by atoms with Gasteiger partial charge in [0.2, 0.25) is 5.91 Å². The fraction of sp³-hybridized carbons (Fsp3) is 0.533. The van der Waals surface area contributed by atoms with Gasteiger partial charge in [0, 0.05) is 20.2 Å². The molecule has 2 N–H and O–H groups in total. The van der Waals surface area contributed by atoms with Crippen molar-refractivity contribution in [3.05, 3.63) is 35.4 Å². The van der Waals surface area contributed by atoms with Gasteiger partial charge in [-0.25, -0.2) is 0 Å². The lowest BCUT2D eigenvalue weighted by Crippen LogP contribution is -2.55. The number of halogens is 1. The maximum absolute atomic E-state index is 12.2. The van der Waals surface area contributed by atoms with E-state index in [1.165, 1.54) is 0 Å². The van der Waals surface area contributed by atoms with Crippen molar-refractivity contribution in [1.29, 1.82) is 0 Å². The summed E-state index contributed by atoms with van der Waals surface area (Å²) in [6.45, 7) is 4.33. The van der Waals surface area contributed by atoms with E-state index in [4.69, 9.17) is 9.47 Å². The molecule has 21 heavy (non-hydrogen) atoms.